The summed E-state index contributed by atoms with van der Waals surface area (Å²) in [4.78, 5) is 28.0. The van der Waals surface area contributed by atoms with Crippen LogP contribution < -0.4 is 10.9 Å². The third-order valence-corrected chi connectivity index (χ3v) is 4.67. The molecule has 2 aromatic carbocycles. The van der Waals surface area contributed by atoms with Gasteiger partial charge in [0.1, 0.15) is 0 Å². The minimum absolute atomic E-state index is 0.227. The van der Waals surface area contributed by atoms with Crippen molar-refractivity contribution >= 4 is 29.0 Å². The van der Waals surface area contributed by atoms with Gasteiger partial charge in [0.2, 0.25) is 0 Å². The predicted molar refractivity (Wildman–Crippen MR) is 106 cm³/mol. The van der Waals surface area contributed by atoms with Crippen molar-refractivity contribution in [2.45, 2.75) is 19.5 Å². The highest BCUT2D eigenvalue weighted by Gasteiger charge is 2.15. The van der Waals surface area contributed by atoms with Crippen molar-refractivity contribution in [2.75, 3.05) is 0 Å². The Hall–Kier alpha value is -3.13. The van der Waals surface area contributed by atoms with Crippen LogP contribution in [-0.2, 0) is 6.54 Å². The van der Waals surface area contributed by atoms with E-state index in [9.17, 15) is 18.4 Å². The van der Waals surface area contributed by atoms with Gasteiger partial charge in [-0.25, -0.2) is 8.78 Å². The molecule has 0 aliphatic rings. The Labute approximate surface area is 164 Å². The summed E-state index contributed by atoms with van der Waals surface area (Å²) in [5, 5.41) is 3.11. The standard InChI is InChI=1S/C20H17F2N3O2S/c1-3-8-25-19(27)14-6-4-13(10-17(14)24-20(25)28)18(26)23-11(2)12-5-7-15(21)16(22)9-12/h3-7,9-11H,1,8H2,2H3,(H,23,26)(H,24,28)/t11-/m0/s1. The molecule has 0 spiro atoms. The fourth-order valence-electron chi connectivity index (χ4n) is 2.84. The Morgan fingerprint density at radius 2 is 2.04 bits per heavy atom. The number of halogens is 2. The molecule has 0 aliphatic heterocycles. The molecular weight excluding hydrogens is 384 g/mol. The zero-order valence-electron chi connectivity index (χ0n) is 15.0. The van der Waals surface area contributed by atoms with Crippen LogP contribution in [0.25, 0.3) is 10.9 Å². The van der Waals surface area contributed by atoms with Crippen molar-refractivity contribution in [1.29, 1.82) is 0 Å². The van der Waals surface area contributed by atoms with Crippen LogP contribution in [0.5, 0.6) is 0 Å². The fourth-order valence-corrected chi connectivity index (χ4v) is 3.10. The van der Waals surface area contributed by atoms with E-state index in [0.717, 1.165) is 12.1 Å². The molecule has 0 bridgehead atoms. The lowest BCUT2D eigenvalue weighted by molar-refractivity contribution is 0.0940. The van der Waals surface area contributed by atoms with E-state index in [1.807, 2.05) is 0 Å². The lowest BCUT2D eigenvalue weighted by Crippen LogP contribution is -2.27. The Bertz CT molecular complexity index is 1200. The third-order valence-electron chi connectivity index (χ3n) is 4.35. The first-order valence-corrected chi connectivity index (χ1v) is 8.86. The molecule has 0 saturated heterocycles. The molecule has 1 heterocycles. The van der Waals surface area contributed by atoms with Crippen molar-refractivity contribution in [3.8, 4) is 0 Å². The van der Waals surface area contributed by atoms with Gasteiger partial charge in [0.05, 0.1) is 16.9 Å². The van der Waals surface area contributed by atoms with Crippen molar-refractivity contribution in [3.63, 3.8) is 0 Å². The summed E-state index contributed by atoms with van der Waals surface area (Å²) in [5.41, 5.74) is 0.886. The highest BCUT2D eigenvalue weighted by atomic mass is 32.1. The predicted octanol–water partition coefficient (Wildman–Crippen LogP) is 4.01. The van der Waals surface area contributed by atoms with E-state index >= 15 is 0 Å². The van der Waals surface area contributed by atoms with Crippen LogP contribution in [0.2, 0.25) is 0 Å². The number of fused-ring (bicyclic) bond motifs is 1. The van der Waals surface area contributed by atoms with Crippen LogP contribution in [-0.4, -0.2) is 15.5 Å². The second-order valence-corrected chi connectivity index (χ2v) is 6.65. The summed E-state index contributed by atoms with van der Waals surface area (Å²) in [5.74, 6) is -2.35. The molecule has 3 aromatic rings. The molecule has 28 heavy (non-hydrogen) atoms. The summed E-state index contributed by atoms with van der Waals surface area (Å²) in [6.45, 7) is 5.54. The van der Waals surface area contributed by atoms with Crippen LogP contribution in [0.1, 0.15) is 28.9 Å². The van der Waals surface area contributed by atoms with Crippen LogP contribution in [0.15, 0.2) is 53.8 Å². The van der Waals surface area contributed by atoms with Gasteiger partial charge in [0.25, 0.3) is 11.5 Å². The summed E-state index contributed by atoms with van der Waals surface area (Å²) in [6.07, 6.45) is 1.57. The van der Waals surface area contributed by atoms with Gasteiger partial charge in [-0.3, -0.25) is 14.2 Å². The van der Waals surface area contributed by atoms with E-state index in [-0.39, 0.29) is 16.9 Å². The number of rotatable bonds is 5. The lowest BCUT2D eigenvalue weighted by atomic mass is 10.1. The minimum atomic E-state index is -0.979. The number of aromatic amines is 1. The Balaban J connectivity index is 1.90. The minimum Gasteiger partial charge on any atom is -0.346 e. The monoisotopic (exact) mass is 401 g/mol. The van der Waals surface area contributed by atoms with Crippen molar-refractivity contribution in [2.24, 2.45) is 0 Å². The molecule has 0 unspecified atom stereocenters. The molecule has 2 N–H and O–H groups in total. The van der Waals surface area contributed by atoms with Gasteiger partial charge in [0.15, 0.2) is 16.4 Å². The van der Waals surface area contributed by atoms with E-state index in [1.54, 1.807) is 19.1 Å². The maximum atomic E-state index is 13.4. The lowest BCUT2D eigenvalue weighted by Gasteiger charge is -2.15. The maximum absolute atomic E-state index is 13.4. The van der Waals surface area contributed by atoms with Crippen molar-refractivity contribution in [1.82, 2.24) is 14.9 Å². The third kappa shape index (κ3) is 3.77. The number of carbonyl (C=O) groups excluding carboxylic acids is 1. The van der Waals surface area contributed by atoms with Crippen LogP contribution in [0.4, 0.5) is 8.78 Å². The second-order valence-electron chi connectivity index (χ2n) is 6.26. The number of H-pyrrole nitrogens is 1. The molecule has 1 atom stereocenters. The Kier molecular flexibility index (Phi) is 5.51. The molecule has 0 fully saturated rings. The van der Waals surface area contributed by atoms with Crippen molar-refractivity contribution < 1.29 is 13.6 Å². The quantitative estimate of drug-likeness (QED) is 0.501. The van der Waals surface area contributed by atoms with E-state index in [4.69, 9.17) is 12.2 Å². The van der Waals surface area contributed by atoms with E-state index in [0.29, 0.717) is 22.0 Å². The molecule has 3 rings (SSSR count). The van der Waals surface area contributed by atoms with E-state index in [2.05, 4.69) is 16.9 Å². The number of hydrogen-bond acceptors (Lipinski definition) is 3. The molecule has 0 aliphatic carbocycles. The fraction of sp³-hybridized carbons (Fsp3) is 0.150. The zero-order chi connectivity index (χ0) is 20.4. The van der Waals surface area contributed by atoms with Crippen LogP contribution in [0.3, 0.4) is 0 Å². The molecule has 0 radical (unpaired) electrons. The Morgan fingerprint density at radius 3 is 2.71 bits per heavy atom. The van der Waals surface area contributed by atoms with Gasteiger partial charge in [0, 0.05) is 12.1 Å². The first kappa shape index (κ1) is 19.6. The number of nitrogens with zero attached hydrogens (tertiary/aromatic N) is 1. The maximum Gasteiger partial charge on any atom is 0.262 e. The second kappa shape index (κ2) is 7.85. The summed E-state index contributed by atoms with van der Waals surface area (Å²) in [6, 6.07) is 7.50. The highest BCUT2D eigenvalue weighted by Crippen LogP contribution is 2.17. The normalized spacial score (nSPS) is 12.0. The molecule has 5 nitrogen and oxygen atoms in total. The number of aromatic nitrogens is 2. The summed E-state index contributed by atoms with van der Waals surface area (Å²) < 4.78 is 28.1. The van der Waals surface area contributed by atoms with Crippen LogP contribution >= 0.6 is 12.2 Å². The van der Waals surface area contributed by atoms with Crippen LogP contribution in [0, 0.1) is 16.4 Å². The van der Waals surface area contributed by atoms with Crippen molar-refractivity contribution in [3.05, 3.63) is 86.9 Å². The average molecular weight is 401 g/mol. The zero-order valence-corrected chi connectivity index (χ0v) is 15.8. The molecule has 0 saturated carbocycles. The number of benzene rings is 2. The largest absolute Gasteiger partial charge is 0.346 e. The molecular formula is C20H17F2N3O2S. The molecule has 8 heteroatoms. The number of carbonyl (C=O) groups is 1. The highest BCUT2D eigenvalue weighted by molar-refractivity contribution is 7.71. The van der Waals surface area contributed by atoms with Gasteiger partial charge in [-0.2, -0.15) is 0 Å². The van der Waals surface area contributed by atoms with Gasteiger partial charge in [-0.1, -0.05) is 12.1 Å². The van der Waals surface area contributed by atoms with Gasteiger partial charge >= 0.3 is 0 Å². The molecule has 1 aromatic heterocycles. The van der Waals surface area contributed by atoms with E-state index in [1.165, 1.54) is 22.8 Å². The number of allylic oxidation sites excluding steroid dienone is 1. The van der Waals surface area contributed by atoms with E-state index < -0.39 is 23.6 Å². The van der Waals surface area contributed by atoms with Gasteiger partial charge in [-0.15, -0.1) is 6.58 Å². The number of amides is 1. The molecule has 144 valence electrons. The topological polar surface area (TPSA) is 66.9 Å². The summed E-state index contributed by atoms with van der Waals surface area (Å²) >= 11 is 5.19. The average Bonchev–Trinajstić information content (AvgIpc) is 2.66. The van der Waals surface area contributed by atoms with Gasteiger partial charge in [-0.05, 0) is 55.0 Å². The molecule has 1 amide bonds. The first-order valence-electron chi connectivity index (χ1n) is 8.45. The summed E-state index contributed by atoms with van der Waals surface area (Å²) in [7, 11) is 0. The SMILES string of the molecule is C=CCn1c(=S)[nH]c2cc(C(=O)N[C@@H](C)c3ccc(F)c(F)c3)ccc2c1=O. The Morgan fingerprint density at radius 1 is 1.29 bits per heavy atom. The number of nitrogens with one attached hydrogen (secondary N) is 2. The number of hydrogen-bond donors (Lipinski definition) is 2. The van der Waals surface area contributed by atoms with Gasteiger partial charge < -0.3 is 10.3 Å². The first-order chi connectivity index (χ1) is 13.3. The smallest absolute Gasteiger partial charge is 0.262 e.